The van der Waals surface area contributed by atoms with E-state index in [2.05, 4.69) is 10.00 Å². The molecular weight excluding hydrogens is 236 g/mol. The van der Waals surface area contributed by atoms with Gasteiger partial charge >= 0.3 is 0 Å². The molecule has 1 aliphatic heterocycles. The molecule has 4 nitrogen and oxygen atoms in total. The first kappa shape index (κ1) is 12.9. The number of nitrogens with two attached hydrogens (primary N) is 1. The number of rotatable bonds is 3. The molecule has 5 heteroatoms. The SMILES string of the molecule is Cc1nn(C)c(CN2CCCC(CN)C2)c1Cl. The molecule has 0 radical (unpaired) electrons. The van der Waals surface area contributed by atoms with E-state index in [9.17, 15) is 0 Å². The van der Waals surface area contributed by atoms with E-state index in [4.69, 9.17) is 17.3 Å². The third kappa shape index (κ3) is 2.81. The van der Waals surface area contributed by atoms with Crippen LogP contribution in [0.5, 0.6) is 0 Å². The molecule has 96 valence electrons. The molecule has 2 N–H and O–H groups in total. The predicted molar refractivity (Wildman–Crippen MR) is 70.0 cm³/mol. The second kappa shape index (κ2) is 5.38. The summed E-state index contributed by atoms with van der Waals surface area (Å²) in [6.07, 6.45) is 2.49. The van der Waals surface area contributed by atoms with Crippen molar-refractivity contribution in [3.63, 3.8) is 0 Å². The number of hydrogen-bond acceptors (Lipinski definition) is 3. The Morgan fingerprint density at radius 1 is 1.53 bits per heavy atom. The smallest absolute Gasteiger partial charge is 0.0860 e. The van der Waals surface area contributed by atoms with E-state index in [0.29, 0.717) is 5.92 Å². The van der Waals surface area contributed by atoms with E-state index in [1.165, 1.54) is 12.8 Å². The molecule has 0 aromatic carbocycles. The minimum atomic E-state index is 0.636. The second-order valence-electron chi connectivity index (χ2n) is 4.95. The molecule has 1 aromatic rings. The third-order valence-corrected chi connectivity index (χ3v) is 4.06. The topological polar surface area (TPSA) is 47.1 Å². The van der Waals surface area contributed by atoms with E-state index in [0.717, 1.165) is 42.6 Å². The number of halogens is 1. The fraction of sp³-hybridized carbons (Fsp3) is 0.750. The van der Waals surface area contributed by atoms with Gasteiger partial charge in [0, 0.05) is 20.1 Å². The van der Waals surface area contributed by atoms with Gasteiger partial charge in [0.05, 0.1) is 16.4 Å². The summed E-state index contributed by atoms with van der Waals surface area (Å²) in [5.41, 5.74) is 7.78. The summed E-state index contributed by atoms with van der Waals surface area (Å²) in [7, 11) is 1.96. The van der Waals surface area contributed by atoms with Gasteiger partial charge in [-0.15, -0.1) is 0 Å². The van der Waals surface area contributed by atoms with Gasteiger partial charge in [0.25, 0.3) is 0 Å². The van der Waals surface area contributed by atoms with E-state index < -0.39 is 0 Å². The largest absolute Gasteiger partial charge is 0.330 e. The highest BCUT2D eigenvalue weighted by Gasteiger charge is 2.21. The summed E-state index contributed by atoms with van der Waals surface area (Å²) < 4.78 is 1.89. The number of aromatic nitrogens is 2. The molecule has 0 aliphatic carbocycles. The van der Waals surface area contributed by atoms with Crippen LogP contribution in [0.2, 0.25) is 5.02 Å². The van der Waals surface area contributed by atoms with Crippen LogP contribution in [0.25, 0.3) is 0 Å². The molecule has 1 fully saturated rings. The van der Waals surface area contributed by atoms with E-state index in [1.54, 1.807) is 0 Å². The lowest BCUT2D eigenvalue weighted by molar-refractivity contribution is 0.167. The first-order valence-corrected chi connectivity index (χ1v) is 6.60. The summed E-state index contributed by atoms with van der Waals surface area (Å²) in [6.45, 7) is 5.83. The van der Waals surface area contributed by atoms with Gasteiger partial charge < -0.3 is 5.73 Å². The van der Waals surface area contributed by atoms with Crippen molar-refractivity contribution in [1.82, 2.24) is 14.7 Å². The highest BCUT2D eigenvalue weighted by atomic mass is 35.5. The van der Waals surface area contributed by atoms with Crippen molar-refractivity contribution in [2.75, 3.05) is 19.6 Å². The Morgan fingerprint density at radius 3 is 2.88 bits per heavy atom. The van der Waals surface area contributed by atoms with Crippen molar-refractivity contribution >= 4 is 11.6 Å². The summed E-state index contributed by atoms with van der Waals surface area (Å²) in [5.74, 6) is 0.636. The van der Waals surface area contributed by atoms with Crippen molar-refractivity contribution in [2.24, 2.45) is 18.7 Å². The minimum absolute atomic E-state index is 0.636. The highest BCUT2D eigenvalue weighted by molar-refractivity contribution is 6.31. The highest BCUT2D eigenvalue weighted by Crippen LogP contribution is 2.23. The molecule has 1 atom stereocenters. The molecule has 0 amide bonds. The standard InChI is InChI=1S/C12H21ClN4/c1-9-12(13)11(16(2)15-9)8-17-5-3-4-10(6-14)7-17/h10H,3-8,14H2,1-2H3. The molecule has 1 aromatic heterocycles. The number of hydrogen-bond donors (Lipinski definition) is 1. The third-order valence-electron chi connectivity index (χ3n) is 3.57. The van der Waals surface area contributed by atoms with Crippen LogP contribution in [0.4, 0.5) is 0 Å². The van der Waals surface area contributed by atoms with Crippen LogP contribution in [0.3, 0.4) is 0 Å². The van der Waals surface area contributed by atoms with Crippen molar-refractivity contribution < 1.29 is 0 Å². The van der Waals surface area contributed by atoms with Crippen LogP contribution in [-0.4, -0.2) is 34.3 Å². The molecule has 0 saturated carbocycles. The Kier molecular flexibility index (Phi) is 4.07. The molecule has 1 saturated heterocycles. The molecule has 17 heavy (non-hydrogen) atoms. The van der Waals surface area contributed by atoms with E-state index >= 15 is 0 Å². The second-order valence-corrected chi connectivity index (χ2v) is 5.33. The summed E-state index contributed by atoms with van der Waals surface area (Å²) in [5, 5.41) is 5.16. The van der Waals surface area contributed by atoms with Gasteiger partial charge in [-0.3, -0.25) is 9.58 Å². The maximum atomic E-state index is 6.27. The zero-order valence-corrected chi connectivity index (χ0v) is 11.4. The van der Waals surface area contributed by atoms with Gasteiger partial charge in [-0.25, -0.2) is 0 Å². The lowest BCUT2D eigenvalue weighted by atomic mass is 9.98. The number of likely N-dealkylation sites (tertiary alicyclic amines) is 1. The molecule has 1 unspecified atom stereocenters. The Hall–Kier alpha value is -0.580. The number of piperidine rings is 1. The fourth-order valence-electron chi connectivity index (χ4n) is 2.55. The first-order chi connectivity index (χ1) is 8.11. The van der Waals surface area contributed by atoms with Gasteiger partial charge in [0.15, 0.2) is 0 Å². The van der Waals surface area contributed by atoms with Gasteiger partial charge in [0.2, 0.25) is 0 Å². The Labute approximate surface area is 108 Å². The Balaban J connectivity index is 2.05. The van der Waals surface area contributed by atoms with Crippen molar-refractivity contribution in [1.29, 1.82) is 0 Å². The monoisotopic (exact) mass is 256 g/mol. The van der Waals surface area contributed by atoms with Crippen LogP contribution in [0.1, 0.15) is 24.2 Å². The van der Waals surface area contributed by atoms with Crippen LogP contribution in [0, 0.1) is 12.8 Å². The van der Waals surface area contributed by atoms with Crippen molar-refractivity contribution in [3.05, 3.63) is 16.4 Å². The normalized spacial score (nSPS) is 22.0. The molecular formula is C12H21ClN4. The van der Waals surface area contributed by atoms with Gasteiger partial charge in [0.1, 0.15) is 0 Å². The van der Waals surface area contributed by atoms with Gasteiger partial charge in [-0.2, -0.15) is 5.10 Å². The molecule has 0 spiro atoms. The van der Waals surface area contributed by atoms with Crippen LogP contribution in [-0.2, 0) is 13.6 Å². The van der Waals surface area contributed by atoms with Crippen LogP contribution in [0.15, 0.2) is 0 Å². The van der Waals surface area contributed by atoms with Gasteiger partial charge in [-0.05, 0) is 38.8 Å². The average molecular weight is 257 g/mol. The molecule has 0 bridgehead atoms. The lowest BCUT2D eigenvalue weighted by Crippen LogP contribution is -2.38. The molecule has 2 heterocycles. The average Bonchev–Trinajstić information content (AvgIpc) is 2.56. The van der Waals surface area contributed by atoms with E-state index in [1.807, 2.05) is 18.7 Å². The van der Waals surface area contributed by atoms with Crippen molar-refractivity contribution in [2.45, 2.75) is 26.3 Å². The van der Waals surface area contributed by atoms with E-state index in [-0.39, 0.29) is 0 Å². The number of nitrogens with zero attached hydrogens (tertiary/aromatic N) is 3. The summed E-state index contributed by atoms with van der Waals surface area (Å²) in [6, 6.07) is 0. The van der Waals surface area contributed by atoms with Crippen LogP contribution >= 0.6 is 11.6 Å². The molecule has 1 aliphatic rings. The zero-order valence-electron chi connectivity index (χ0n) is 10.6. The Bertz CT molecular complexity index is 388. The van der Waals surface area contributed by atoms with Gasteiger partial charge in [-0.1, -0.05) is 11.6 Å². The molecule has 2 rings (SSSR count). The first-order valence-electron chi connectivity index (χ1n) is 6.22. The lowest BCUT2D eigenvalue weighted by Gasteiger charge is -2.32. The zero-order chi connectivity index (χ0) is 12.4. The Morgan fingerprint density at radius 2 is 2.29 bits per heavy atom. The maximum absolute atomic E-state index is 6.27. The van der Waals surface area contributed by atoms with Crippen molar-refractivity contribution in [3.8, 4) is 0 Å². The quantitative estimate of drug-likeness (QED) is 0.893. The predicted octanol–water partition coefficient (Wildman–Crippen LogP) is 1.55. The minimum Gasteiger partial charge on any atom is -0.330 e. The summed E-state index contributed by atoms with van der Waals surface area (Å²) in [4.78, 5) is 2.43. The maximum Gasteiger partial charge on any atom is 0.0860 e. The summed E-state index contributed by atoms with van der Waals surface area (Å²) >= 11 is 6.27. The fourth-order valence-corrected chi connectivity index (χ4v) is 2.77. The number of aryl methyl sites for hydroxylation is 2. The van der Waals surface area contributed by atoms with Crippen LogP contribution < -0.4 is 5.73 Å².